The molecule has 0 aliphatic rings. The molecule has 0 fully saturated rings. The van der Waals surface area contributed by atoms with Crippen LogP contribution in [0.1, 0.15) is 53.4 Å². The summed E-state index contributed by atoms with van der Waals surface area (Å²) in [7, 11) is -0.0107. The predicted octanol–water partition coefficient (Wildman–Crippen LogP) is 4.58. The molecule has 0 spiro atoms. The molecule has 3 nitrogen and oxygen atoms in total. The van der Waals surface area contributed by atoms with Crippen molar-refractivity contribution in [1.82, 2.24) is 0 Å². The van der Waals surface area contributed by atoms with Gasteiger partial charge in [-0.15, -0.1) is 0 Å². The normalized spacial score (nSPS) is 14.7. The first-order valence-corrected chi connectivity index (χ1v) is 10.4. The van der Waals surface area contributed by atoms with Crippen LogP contribution in [-0.2, 0) is 13.9 Å². The zero-order chi connectivity index (χ0) is 14.9. The number of methoxy groups -OCH3 is 1. The lowest BCUT2D eigenvalue weighted by molar-refractivity contribution is -0.0880. The molecule has 0 heterocycles. The fourth-order valence-electron chi connectivity index (χ4n) is 1.52. The van der Waals surface area contributed by atoms with Gasteiger partial charge in [-0.05, 0) is 24.6 Å². The Morgan fingerprint density at radius 2 is 1.74 bits per heavy atom. The number of ether oxygens (including phenoxy) is 2. The number of rotatable bonds is 10. The van der Waals surface area contributed by atoms with Gasteiger partial charge < -0.3 is 13.9 Å². The Balaban J connectivity index is 4.23. The Labute approximate surface area is 121 Å². The molecular weight excluding hydrogens is 256 g/mol. The minimum atomic E-state index is -1.68. The molecule has 0 saturated carbocycles. The van der Waals surface area contributed by atoms with E-state index in [1.54, 1.807) is 7.11 Å². The second-order valence-electron chi connectivity index (χ2n) is 6.76. The lowest BCUT2D eigenvalue weighted by Gasteiger charge is -2.37. The SMILES string of the molecule is CCCCC[C@@H](CO[Si](C)(C)C(C)(C)C)OCOC. The van der Waals surface area contributed by atoms with E-state index < -0.39 is 8.32 Å². The predicted molar refractivity (Wildman–Crippen MR) is 84.0 cm³/mol. The van der Waals surface area contributed by atoms with Crippen LogP contribution in [0, 0.1) is 0 Å². The molecule has 0 aromatic carbocycles. The molecule has 0 aromatic rings. The van der Waals surface area contributed by atoms with E-state index in [9.17, 15) is 0 Å². The van der Waals surface area contributed by atoms with Gasteiger partial charge in [-0.2, -0.15) is 0 Å². The van der Waals surface area contributed by atoms with Crippen molar-refractivity contribution in [2.24, 2.45) is 0 Å². The molecule has 0 radical (unpaired) electrons. The molecule has 0 aliphatic carbocycles. The van der Waals surface area contributed by atoms with Crippen LogP contribution in [-0.4, -0.2) is 34.9 Å². The Hall–Kier alpha value is 0.0969. The molecule has 116 valence electrons. The third-order valence-electron chi connectivity index (χ3n) is 3.99. The largest absolute Gasteiger partial charge is 0.414 e. The highest BCUT2D eigenvalue weighted by Gasteiger charge is 2.37. The Morgan fingerprint density at radius 3 is 2.21 bits per heavy atom. The molecule has 0 aliphatic heterocycles. The summed E-state index contributed by atoms with van der Waals surface area (Å²) in [6, 6.07) is 0. The molecule has 0 N–H and O–H groups in total. The van der Waals surface area contributed by atoms with Crippen molar-refractivity contribution in [1.29, 1.82) is 0 Å². The third kappa shape index (κ3) is 8.08. The summed E-state index contributed by atoms with van der Waals surface area (Å²) in [5, 5.41) is 0.252. The van der Waals surface area contributed by atoms with E-state index in [1.807, 2.05) is 0 Å². The van der Waals surface area contributed by atoms with E-state index in [4.69, 9.17) is 13.9 Å². The van der Waals surface area contributed by atoms with Crippen LogP contribution in [0.4, 0.5) is 0 Å². The number of hydrogen-bond donors (Lipinski definition) is 0. The monoisotopic (exact) mass is 290 g/mol. The van der Waals surface area contributed by atoms with Crippen molar-refractivity contribution in [3.8, 4) is 0 Å². The fourth-order valence-corrected chi connectivity index (χ4v) is 2.55. The highest BCUT2D eigenvalue weighted by Crippen LogP contribution is 2.36. The van der Waals surface area contributed by atoms with E-state index in [2.05, 4.69) is 40.8 Å². The number of hydrogen-bond acceptors (Lipinski definition) is 3. The molecule has 0 bridgehead atoms. The highest BCUT2D eigenvalue weighted by atomic mass is 28.4. The van der Waals surface area contributed by atoms with Gasteiger partial charge >= 0.3 is 0 Å². The van der Waals surface area contributed by atoms with Gasteiger partial charge in [0, 0.05) is 7.11 Å². The van der Waals surface area contributed by atoms with E-state index in [0.29, 0.717) is 13.4 Å². The summed E-state index contributed by atoms with van der Waals surface area (Å²) in [6.45, 7) is 14.6. The van der Waals surface area contributed by atoms with E-state index >= 15 is 0 Å². The van der Waals surface area contributed by atoms with Gasteiger partial charge in [-0.25, -0.2) is 0 Å². The first-order chi connectivity index (χ1) is 8.74. The van der Waals surface area contributed by atoms with Crippen LogP contribution in [0.25, 0.3) is 0 Å². The highest BCUT2D eigenvalue weighted by molar-refractivity contribution is 6.74. The first kappa shape index (κ1) is 19.1. The third-order valence-corrected chi connectivity index (χ3v) is 8.49. The summed E-state index contributed by atoms with van der Waals surface area (Å²) >= 11 is 0. The van der Waals surface area contributed by atoms with Gasteiger partial charge in [0.25, 0.3) is 0 Å². The van der Waals surface area contributed by atoms with Gasteiger partial charge in [-0.1, -0.05) is 47.0 Å². The standard InChI is InChI=1S/C15H34O3Si/c1-8-9-10-11-14(17-13-16-5)12-18-19(6,7)15(2,3)4/h14H,8-13H2,1-7H3/t14-/m0/s1. The van der Waals surface area contributed by atoms with Crippen LogP contribution in [0.2, 0.25) is 18.1 Å². The summed E-state index contributed by atoms with van der Waals surface area (Å²) < 4.78 is 17.0. The van der Waals surface area contributed by atoms with E-state index in [-0.39, 0.29) is 11.1 Å². The average molecular weight is 291 g/mol. The molecule has 0 rings (SSSR count). The lowest BCUT2D eigenvalue weighted by Crippen LogP contribution is -2.43. The number of unbranched alkanes of at least 4 members (excludes halogenated alkanes) is 2. The quantitative estimate of drug-likeness (QED) is 0.335. The van der Waals surface area contributed by atoms with Gasteiger partial charge in [0.15, 0.2) is 8.32 Å². The van der Waals surface area contributed by atoms with Gasteiger partial charge in [0.2, 0.25) is 0 Å². The van der Waals surface area contributed by atoms with Crippen LogP contribution in [0.5, 0.6) is 0 Å². The second-order valence-corrected chi connectivity index (χ2v) is 11.6. The van der Waals surface area contributed by atoms with Crippen LogP contribution in [0.15, 0.2) is 0 Å². The maximum atomic E-state index is 6.24. The van der Waals surface area contributed by atoms with Crippen LogP contribution in [0.3, 0.4) is 0 Å². The molecular formula is C15H34O3Si. The van der Waals surface area contributed by atoms with Crippen LogP contribution >= 0.6 is 0 Å². The second kappa shape index (κ2) is 9.11. The molecule has 0 unspecified atom stereocenters. The molecule has 0 aromatic heterocycles. The van der Waals surface area contributed by atoms with Crippen LogP contribution < -0.4 is 0 Å². The Bertz CT molecular complexity index is 224. The summed E-state index contributed by atoms with van der Waals surface area (Å²) in [5.41, 5.74) is 0. The molecule has 4 heteroatoms. The summed E-state index contributed by atoms with van der Waals surface area (Å²) in [6.07, 6.45) is 4.92. The molecule has 1 atom stereocenters. The average Bonchev–Trinajstić information content (AvgIpc) is 2.30. The molecule has 0 amide bonds. The van der Waals surface area contributed by atoms with Gasteiger partial charge in [0.1, 0.15) is 6.79 Å². The Kier molecular flexibility index (Phi) is 9.16. The lowest BCUT2D eigenvalue weighted by atomic mass is 10.1. The first-order valence-electron chi connectivity index (χ1n) is 7.49. The molecule has 0 saturated heterocycles. The zero-order valence-electron chi connectivity index (χ0n) is 14.0. The summed E-state index contributed by atoms with van der Waals surface area (Å²) in [4.78, 5) is 0. The van der Waals surface area contributed by atoms with E-state index in [1.165, 1.54) is 19.3 Å². The zero-order valence-corrected chi connectivity index (χ0v) is 15.0. The maximum absolute atomic E-state index is 6.24. The van der Waals surface area contributed by atoms with Gasteiger partial charge in [0.05, 0.1) is 12.7 Å². The summed E-state index contributed by atoms with van der Waals surface area (Å²) in [5.74, 6) is 0. The Morgan fingerprint density at radius 1 is 1.11 bits per heavy atom. The van der Waals surface area contributed by atoms with Crippen molar-refractivity contribution >= 4 is 8.32 Å². The van der Waals surface area contributed by atoms with Crippen molar-refractivity contribution in [3.05, 3.63) is 0 Å². The van der Waals surface area contributed by atoms with Crippen molar-refractivity contribution < 1.29 is 13.9 Å². The minimum Gasteiger partial charge on any atom is -0.414 e. The van der Waals surface area contributed by atoms with Crippen molar-refractivity contribution in [2.75, 3.05) is 20.5 Å². The smallest absolute Gasteiger partial charge is 0.192 e. The maximum Gasteiger partial charge on any atom is 0.192 e. The van der Waals surface area contributed by atoms with Crippen molar-refractivity contribution in [2.45, 2.75) is 77.6 Å². The fraction of sp³-hybridized carbons (Fsp3) is 1.00. The van der Waals surface area contributed by atoms with Gasteiger partial charge in [-0.3, -0.25) is 0 Å². The van der Waals surface area contributed by atoms with Crippen molar-refractivity contribution in [3.63, 3.8) is 0 Å². The topological polar surface area (TPSA) is 27.7 Å². The molecule has 19 heavy (non-hydrogen) atoms. The van der Waals surface area contributed by atoms with E-state index in [0.717, 1.165) is 6.42 Å². The minimum absolute atomic E-state index is 0.167.